The summed E-state index contributed by atoms with van der Waals surface area (Å²) in [7, 11) is 3.62. The molecule has 1 aliphatic rings. The number of hydrogen-bond acceptors (Lipinski definition) is 5. The molecular weight excluding hydrogens is 402 g/mol. The lowest BCUT2D eigenvalue weighted by Crippen LogP contribution is -2.52. The number of benzene rings is 1. The van der Waals surface area contributed by atoms with E-state index in [1.54, 1.807) is 4.90 Å². The molecule has 1 unspecified atom stereocenters. The number of nitrogens with one attached hydrogen (secondary N) is 1. The molecular formula is C22H32F2N6O. The first-order valence-electron chi connectivity index (χ1n) is 10.7. The highest BCUT2D eigenvalue weighted by Crippen LogP contribution is 2.25. The number of nitrogens with zero attached hydrogens (tertiary/aromatic N) is 5. The molecule has 0 saturated carbocycles. The molecule has 7 nitrogen and oxygen atoms in total. The van der Waals surface area contributed by atoms with E-state index in [4.69, 9.17) is 9.52 Å². The molecule has 2 heterocycles. The molecule has 2 aromatic rings. The van der Waals surface area contributed by atoms with Crippen molar-refractivity contribution in [3.05, 3.63) is 52.9 Å². The molecule has 170 valence electrons. The van der Waals surface area contributed by atoms with Gasteiger partial charge in [0.05, 0.1) is 18.3 Å². The number of aliphatic imine (C=N–C) groups is 1. The summed E-state index contributed by atoms with van der Waals surface area (Å²) < 4.78 is 33.9. The van der Waals surface area contributed by atoms with Gasteiger partial charge in [-0.1, -0.05) is 11.2 Å². The van der Waals surface area contributed by atoms with Crippen LogP contribution in [-0.4, -0.2) is 79.2 Å². The number of likely N-dealkylation sites (N-methyl/N-ethyl adjacent to an activating group) is 1. The second-order valence-corrected chi connectivity index (χ2v) is 8.00. The Hall–Kier alpha value is -2.52. The molecule has 0 aliphatic carbocycles. The minimum absolute atomic E-state index is 0.0554. The summed E-state index contributed by atoms with van der Waals surface area (Å²) in [6.45, 7) is 9.00. The number of aromatic nitrogens is 1. The first-order valence-corrected chi connectivity index (χ1v) is 10.7. The zero-order chi connectivity index (χ0) is 22.4. The molecule has 1 saturated heterocycles. The third kappa shape index (κ3) is 6.01. The third-order valence-corrected chi connectivity index (χ3v) is 5.44. The Morgan fingerprint density at radius 1 is 1.23 bits per heavy atom. The molecule has 0 amide bonds. The molecule has 3 rings (SSSR count). The molecule has 9 heteroatoms. The SMILES string of the molecule is CCNC(=NCC(c1c(F)cccc1F)N(C)C)N1CCN(Cc2cc(C)on2)CC1. The van der Waals surface area contributed by atoms with Crippen LogP contribution in [0.5, 0.6) is 0 Å². The quantitative estimate of drug-likeness (QED) is 0.534. The second kappa shape index (κ2) is 10.7. The summed E-state index contributed by atoms with van der Waals surface area (Å²) >= 11 is 0. The third-order valence-electron chi connectivity index (χ3n) is 5.44. The minimum atomic E-state index is -0.546. The Labute approximate surface area is 182 Å². The molecule has 1 aromatic carbocycles. The van der Waals surface area contributed by atoms with Crippen molar-refractivity contribution >= 4 is 5.96 Å². The van der Waals surface area contributed by atoms with Crippen molar-refractivity contribution in [2.24, 2.45) is 4.99 Å². The van der Waals surface area contributed by atoms with E-state index < -0.39 is 17.7 Å². The maximum Gasteiger partial charge on any atom is 0.194 e. The van der Waals surface area contributed by atoms with Gasteiger partial charge in [0.1, 0.15) is 17.4 Å². The fourth-order valence-corrected chi connectivity index (χ4v) is 3.78. The summed E-state index contributed by atoms with van der Waals surface area (Å²) in [6.07, 6.45) is 0. The van der Waals surface area contributed by atoms with Crippen molar-refractivity contribution in [3.8, 4) is 0 Å². The van der Waals surface area contributed by atoms with Gasteiger partial charge in [0.2, 0.25) is 0 Å². The van der Waals surface area contributed by atoms with Gasteiger partial charge in [-0.05, 0) is 40.1 Å². The number of hydrogen-bond donors (Lipinski definition) is 1. The Morgan fingerprint density at radius 2 is 1.90 bits per heavy atom. The van der Waals surface area contributed by atoms with Crippen LogP contribution in [0.1, 0.15) is 30.0 Å². The van der Waals surface area contributed by atoms with E-state index >= 15 is 0 Å². The highest BCUT2D eigenvalue weighted by Gasteiger charge is 2.24. The van der Waals surface area contributed by atoms with Crippen LogP contribution in [0.3, 0.4) is 0 Å². The van der Waals surface area contributed by atoms with Gasteiger partial charge < -0.3 is 19.6 Å². The molecule has 1 aliphatic heterocycles. The molecule has 1 aromatic heterocycles. The first kappa shape index (κ1) is 23.1. The van der Waals surface area contributed by atoms with Crippen LogP contribution >= 0.6 is 0 Å². The van der Waals surface area contributed by atoms with E-state index in [9.17, 15) is 8.78 Å². The lowest BCUT2D eigenvalue weighted by Gasteiger charge is -2.36. The Morgan fingerprint density at radius 3 is 2.45 bits per heavy atom. The van der Waals surface area contributed by atoms with Gasteiger partial charge in [-0.15, -0.1) is 0 Å². The number of halogens is 2. The van der Waals surface area contributed by atoms with Crippen molar-refractivity contribution < 1.29 is 13.3 Å². The van der Waals surface area contributed by atoms with Gasteiger partial charge in [0.15, 0.2) is 5.96 Å². The molecule has 1 N–H and O–H groups in total. The normalized spacial score (nSPS) is 16.7. The lowest BCUT2D eigenvalue weighted by molar-refractivity contribution is 0.168. The van der Waals surface area contributed by atoms with E-state index in [1.165, 1.54) is 18.2 Å². The Bertz CT molecular complexity index is 856. The van der Waals surface area contributed by atoms with Crippen LogP contribution in [0.25, 0.3) is 0 Å². The Kier molecular flexibility index (Phi) is 7.97. The molecule has 31 heavy (non-hydrogen) atoms. The first-order chi connectivity index (χ1) is 14.9. The van der Waals surface area contributed by atoms with Gasteiger partial charge in [-0.3, -0.25) is 9.89 Å². The molecule has 0 spiro atoms. The van der Waals surface area contributed by atoms with Crippen molar-refractivity contribution in [2.45, 2.75) is 26.4 Å². The smallest absolute Gasteiger partial charge is 0.194 e. The molecule has 1 atom stereocenters. The van der Waals surface area contributed by atoms with Gasteiger partial charge >= 0.3 is 0 Å². The number of rotatable bonds is 7. The van der Waals surface area contributed by atoms with Crippen LogP contribution in [0.4, 0.5) is 8.78 Å². The van der Waals surface area contributed by atoms with Gasteiger partial charge in [-0.2, -0.15) is 0 Å². The predicted octanol–water partition coefficient (Wildman–Crippen LogP) is 2.65. The molecule has 1 fully saturated rings. The fraction of sp³-hybridized carbons (Fsp3) is 0.545. The zero-order valence-corrected chi connectivity index (χ0v) is 18.7. The fourth-order valence-electron chi connectivity index (χ4n) is 3.78. The van der Waals surface area contributed by atoms with E-state index in [2.05, 4.69) is 20.3 Å². The van der Waals surface area contributed by atoms with Crippen LogP contribution in [-0.2, 0) is 6.54 Å². The van der Waals surface area contributed by atoms with E-state index in [0.29, 0.717) is 0 Å². The standard InChI is InChI=1S/C22H32F2N6O/c1-5-25-22(26-14-20(28(3)4)21-18(23)7-6-8-19(21)24)30-11-9-29(10-12-30)15-17-13-16(2)31-27-17/h6-8,13,20H,5,9-12,14-15H2,1-4H3,(H,25,26). The number of guanidine groups is 1. The van der Waals surface area contributed by atoms with Crippen LogP contribution in [0, 0.1) is 18.6 Å². The Balaban J connectivity index is 1.66. The van der Waals surface area contributed by atoms with Gasteiger partial charge in [-0.25, -0.2) is 8.78 Å². The van der Waals surface area contributed by atoms with Gasteiger partial charge in [0, 0.05) is 50.9 Å². The summed E-state index contributed by atoms with van der Waals surface area (Å²) in [6, 6.07) is 5.43. The van der Waals surface area contributed by atoms with Crippen LogP contribution in [0.15, 0.2) is 33.8 Å². The minimum Gasteiger partial charge on any atom is -0.361 e. The summed E-state index contributed by atoms with van der Waals surface area (Å²) in [4.78, 5) is 11.1. The molecule has 0 radical (unpaired) electrons. The topological polar surface area (TPSA) is 60.1 Å². The highest BCUT2D eigenvalue weighted by molar-refractivity contribution is 5.80. The highest BCUT2D eigenvalue weighted by atomic mass is 19.1. The molecule has 0 bridgehead atoms. The van der Waals surface area contributed by atoms with Crippen LogP contribution in [0.2, 0.25) is 0 Å². The largest absolute Gasteiger partial charge is 0.361 e. The zero-order valence-electron chi connectivity index (χ0n) is 18.7. The van der Waals surface area contributed by atoms with E-state index in [1.807, 2.05) is 34.0 Å². The van der Waals surface area contributed by atoms with Crippen molar-refractivity contribution in [3.63, 3.8) is 0 Å². The maximum absolute atomic E-state index is 14.4. The summed E-state index contributed by atoms with van der Waals surface area (Å²) in [5, 5.41) is 7.39. The maximum atomic E-state index is 14.4. The van der Waals surface area contributed by atoms with Crippen molar-refractivity contribution in [1.29, 1.82) is 0 Å². The summed E-state index contributed by atoms with van der Waals surface area (Å²) in [5.74, 6) is 0.492. The van der Waals surface area contributed by atoms with E-state index in [-0.39, 0.29) is 12.1 Å². The average Bonchev–Trinajstić information content (AvgIpc) is 3.14. The second-order valence-electron chi connectivity index (χ2n) is 8.00. The lowest BCUT2D eigenvalue weighted by atomic mass is 10.0. The monoisotopic (exact) mass is 434 g/mol. The van der Waals surface area contributed by atoms with Crippen molar-refractivity contribution in [1.82, 2.24) is 25.2 Å². The number of piperazine rings is 1. The number of aryl methyl sites for hydroxylation is 1. The summed E-state index contributed by atoms with van der Waals surface area (Å²) in [5.41, 5.74) is 0.993. The van der Waals surface area contributed by atoms with Gasteiger partial charge in [0.25, 0.3) is 0 Å². The van der Waals surface area contributed by atoms with Crippen molar-refractivity contribution in [2.75, 3.05) is 53.4 Å². The van der Waals surface area contributed by atoms with Crippen LogP contribution < -0.4 is 5.32 Å². The van der Waals surface area contributed by atoms with E-state index in [0.717, 1.165) is 56.7 Å². The predicted molar refractivity (Wildman–Crippen MR) is 117 cm³/mol. The average molecular weight is 435 g/mol.